The van der Waals surface area contributed by atoms with E-state index in [4.69, 9.17) is 0 Å². The predicted octanol–water partition coefficient (Wildman–Crippen LogP) is 6.97. The number of amides is 1. The van der Waals surface area contributed by atoms with Gasteiger partial charge in [-0.05, 0) is 32.7 Å². The molecule has 1 aliphatic heterocycles. The number of hydrogen-bond acceptors (Lipinski definition) is 2. The second kappa shape index (κ2) is 18.0. The van der Waals surface area contributed by atoms with E-state index in [-0.39, 0.29) is 0 Å². The zero-order valence-corrected chi connectivity index (χ0v) is 19.8. The SMILES string of the molecule is C=CCCCC1CN(C(=O)CCCCCCCCCCCCCCC)CCN1C. The van der Waals surface area contributed by atoms with Crippen LogP contribution >= 0.6 is 0 Å². The summed E-state index contributed by atoms with van der Waals surface area (Å²) >= 11 is 0. The van der Waals surface area contributed by atoms with E-state index in [0.717, 1.165) is 38.9 Å². The Morgan fingerprint density at radius 2 is 1.41 bits per heavy atom. The first-order chi connectivity index (χ1) is 14.2. The van der Waals surface area contributed by atoms with Gasteiger partial charge in [-0.25, -0.2) is 0 Å². The first-order valence-corrected chi connectivity index (χ1v) is 12.8. The van der Waals surface area contributed by atoms with Gasteiger partial charge in [-0.15, -0.1) is 6.58 Å². The molecule has 0 N–H and O–H groups in total. The van der Waals surface area contributed by atoms with E-state index in [9.17, 15) is 4.79 Å². The zero-order chi connectivity index (χ0) is 21.2. The Kier molecular flexibility index (Phi) is 16.2. The highest BCUT2D eigenvalue weighted by atomic mass is 16.2. The van der Waals surface area contributed by atoms with Crippen LogP contribution in [0.4, 0.5) is 0 Å². The highest BCUT2D eigenvalue weighted by Gasteiger charge is 2.26. The lowest BCUT2D eigenvalue weighted by atomic mass is 10.0. The van der Waals surface area contributed by atoms with Crippen LogP contribution in [0.2, 0.25) is 0 Å². The van der Waals surface area contributed by atoms with E-state index >= 15 is 0 Å². The average Bonchev–Trinajstić information content (AvgIpc) is 2.72. The highest BCUT2D eigenvalue weighted by molar-refractivity contribution is 5.76. The molecule has 0 radical (unpaired) electrons. The van der Waals surface area contributed by atoms with E-state index in [1.165, 1.54) is 89.9 Å². The number of likely N-dealkylation sites (N-methyl/N-ethyl adjacent to an activating group) is 1. The van der Waals surface area contributed by atoms with Crippen molar-refractivity contribution in [3.63, 3.8) is 0 Å². The largest absolute Gasteiger partial charge is 0.340 e. The fourth-order valence-electron chi connectivity index (χ4n) is 4.43. The van der Waals surface area contributed by atoms with Crippen LogP contribution in [-0.2, 0) is 4.79 Å². The molecule has 3 nitrogen and oxygen atoms in total. The zero-order valence-electron chi connectivity index (χ0n) is 19.8. The first-order valence-electron chi connectivity index (χ1n) is 12.8. The van der Waals surface area contributed by atoms with Crippen LogP contribution in [0.25, 0.3) is 0 Å². The molecule has 1 atom stereocenters. The lowest BCUT2D eigenvalue weighted by Gasteiger charge is -2.39. The summed E-state index contributed by atoms with van der Waals surface area (Å²) in [4.78, 5) is 17.1. The molecule has 0 spiro atoms. The van der Waals surface area contributed by atoms with Gasteiger partial charge in [-0.3, -0.25) is 9.69 Å². The topological polar surface area (TPSA) is 23.6 Å². The van der Waals surface area contributed by atoms with Crippen molar-refractivity contribution in [1.82, 2.24) is 9.80 Å². The maximum absolute atomic E-state index is 12.6. The molecule has 1 unspecified atom stereocenters. The smallest absolute Gasteiger partial charge is 0.222 e. The molecule has 0 saturated carbocycles. The number of unbranched alkanes of at least 4 members (excludes halogenated alkanes) is 13. The standard InChI is InChI=1S/C26H50N2O/c1-4-6-8-9-10-11-12-13-14-15-16-17-19-21-26(29)28-23-22-27(3)25(24-28)20-18-7-5-2/h5,25H,2,4,6-24H2,1,3H3. The second-order valence-electron chi connectivity index (χ2n) is 9.19. The Labute approximate surface area is 182 Å². The number of rotatable bonds is 18. The van der Waals surface area contributed by atoms with Gasteiger partial charge in [0, 0.05) is 32.1 Å². The third-order valence-electron chi connectivity index (χ3n) is 6.57. The molecule has 0 aliphatic carbocycles. The molecular weight excluding hydrogens is 356 g/mol. The molecule has 170 valence electrons. The number of nitrogens with zero attached hydrogens (tertiary/aromatic N) is 2. The maximum atomic E-state index is 12.6. The van der Waals surface area contributed by atoms with E-state index < -0.39 is 0 Å². The number of piperazine rings is 1. The molecule has 3 heteroatoms. The Balaban J connectivity index is 1.97. The van der Waals surface area contributed by atoms with E-state index in [1.54, 1.807) is 0 Å². The van der Waals surface area contributed by atoms with Crippen molar-refractivity contribution in [2.24, 2.45) is 0 Å². The second-order valence-corrected chi connectivity index (χ2v) is 9.19. The Morgan fingerprint density at radius 3 is 1.97 bits per heavy atom. The Morgan fingerprint density at radius 1 is 0.862 bits per heavy atom. The van der Waals surface area contributed by atoms with Gasteiger partial charge < -0.3 is 4.90 Å². The van der Waals surface area contributed by atoms with Crippen molar-refractivity contribution in [3.05, 3.63) is 12.7 Å². The summed E-state index contributed by atoms with van der Waals surface area (Å²) in [6.07, 6.45) is 23.8. The molecule has 1 fully saturated rings. The van der Waals surface area contributed by atoms with Crippen LogP contribution in [0.15, 0.2) is 12.7 Å². The van der Waals surface area contributed by atoms with Crippen molar-refractivity contribution in [2.45, 2.75) is 122 Å². The van der Waals surface area contributed by atoms with Crippen molar-refractivity contribution >= 4 is 5.91 Å². The van der Waals surface area contributed by atoms with Gasteiger partial charge >= 0.3 is 0 Å². The minimum Gasteiger partial charge on any atom is -0.340 e. The van der Waals surface area contributed by atoms with Gasteiger partial charge in [0.25, 0.3) is 0 Å². The summed E-state index contributed by atoms with van der Waals surface area (Å²) in [6, 6.07) is 0.527. The summed E-state index contributed by atoms with van der Waals surface area (Å²) in [5, 5.41) is 0. The van der Waals surface area contributed by atoms with Crippen molar-refractivity contribution in [2.75, 3.05) is 26.7 Å². The van der Waals surface area contributed by atoms with Gasteiger partial charge in [-0.2, -0.15) is 0 Å². The summed E-state index contributed by atoms with van der Waals surface area (Å²) in [5.41, 5.74) is 0. The summed E-state index contributed by atoms with van der Waals surface area (Å²) < 4.78 is 0. The Bertz CT molecular complexity index is 410. The lowest BCUT2D eigenvalue weighted by Crippen LogP contribution is -2.53. The van der Waals surface area contributed by atoms with Gasteiger partial charge in [0.1, 0.15) is 0 Å². The normalized spacial score (nSPS) is 17.6. The molecular formula is C26H50N2O. The third-order valence-corrected chi connectivity index (χ3v) is 6.57. The van der Waals surface area contributed by atoms with Crippen LogP contribution in [0.3, 0.4) is 0 Å². The molecule has 0 aromatic heterocycles. The van der Waals surface area contributed by atoms with Crippen LogP contribution in [0.5, 0.6) is 0 Å². The maximum Gasteiger partial charge on any atom is 0.222 e. The number of carbonyl (C=O) groups excluding carboxylic acids is 1. The molecule has 1 aliphatic rings. The van der Waals surface area contributed by atoms with Crippen molar-refractivity contribution in [3.8, 4) is 0 Å². The molecule has 1 rings (SSSR count). The van der Waals surface area contributed by atoms with Crippen LogP contribution in [-0.4, -0.2) is 48.4 Å². The van der Waals surface area contributed by atoms with Crippen LogP contribution in [0, 0.1) is 0 Å². The molecule has 0 bridgehead atoms. The predicted molar refractivity (Wildman–Crippen MR) is 127 cm³/mol. The summed E-state index contributed by atoms with van der Waals surface area (Å²) in [5.74, 6) is 0.384. The molecule has 0 aromatic carbocycles. The molecule has 1 heterocycles. The molecule has 0 aromatic rings. The number of hydrogen-bond donors (Lipinski definition) is 0. The third kappa shape index (κ3) is 13.2. The van der Waals surface area contributed by atoms with Crippen molar-refractivity contribution < 1.29 is 4.79 Å². The molecule has 1 saturated heterocycles. The highest BCUT2D eigenvalue weighted by Crippen LogP contribution is 2.17. The first kappa shape index (κ1) is 26.2. The summed E-state index contributed by atoms with van der Waals surface area (Å²) in [6.45, 7) is 8.94. The van der Waals surface area contributed by atoms with E-state index in [1.807, 2.05) is 6.08 Å². The lowest BCUT2D eigenvalue weighted by molar-refractivity contribution is -0.134. The van der Waals surface area contributed by atoms with Gasteiger partial charge in [0.05, 0.1) is 0 Å². The minimum atomic E-state index is 0.384. The Hall–Kier alpha value is -0.830. The van der Waals surface area contributed by atoms with E-state index in [0.29, 0.717) is 11.9 Å². The monoisotopic (exact) mass is 406 g/mol. The van der Waals surface area contributed by atoms with Crippen molar-refractivity contribution in [1.29, 1.82) is 0 Å². The van der Waals surface area contributed by atoms with Gasteiger partial charge in [0.15, 0.2) is 0 Å². The molecule has 29 heavy (non-hydrogen) atoms. The van der Waals surface area contributed by atoms with Crippen LogP contribution < -0.4 is 0 Å². The van der Waals surface area contributed by atoms with Gasteiger partial charge in [0.2, 0.25) is 5.91 Å². The number of allylic oxidation sites excluding steroid dienone is 1. The van der Waals surface area contributed by atoms with Crippen LogP contribution in [0.1, 0.15) is 116 Å². The van der Waals surface area contributed by atoms with E-state index in [2.05, 4.69) is 30.4 Å². The minimum absolute atomic E-state index is 0.384. The molecule has 1 amide bonds. The van der Waals surface area contributed by atoms with Gasteiger partial charge in [-0.1, -0.05) is 90.0 Å². The quantitative estimate of drug-likeness (QED) is 0.181. The summed E-state index contributed by atoms with van der Waals surface area (Å²) in [7, 11) is 2.20. The number of carbonyl (C=O) groups is 1. The average molecular weight is 407 g/mol. The fraction of sp³-hybridized carbons (Fsp3) is 0.885. The fourth-order valence-corrected chi connectivity index (χ4v) is 4.43.